The molecule has 7 heteroatoms. The van der Waals surface area contributed by atoms with Crippen LogP contribution in [0.2, 0.25) is 10.0 Å². The van der Waals surface area contributed by atoms with Gasteiger partial charge in [0.2, 0.25) is 0 Å². The number of nitrogens with one attached hydrogen (secondary N) is 1. The Morgan fingerprint density at radius 3 is 2.68 bits per heavy atom. The van der Waals surface area contributed by atoms with Crippen molar-refractivity contribution in [1.82, 2.24) is 9.38 Å². The van der Waals surface area contributed by atoms with Crippen LogP contribution in [0.1, 0.15) is 10.5 Å². The summed E-state index contributed by atoms with van der Waals surface area (Å²) < 4.78 is 1.78. The maximum Gasteiger partial charge on any atom is 0.273 e. The second-order valence-electron chi connectivity index (χ2n) is 5.34. The number of thiazole rings is 1. The number of carbonyl (C=O) groups excluding carboxylic acids is 1. The number of hydrogen-bond donors (Lipinski definition) is 1. The van der Waals surface area contributed by atoms with Gasteiger partial charge in [-0.25, -0.2) is 4.98 Å². The molecule has 4 rings (SSSR count). The number of aromatic nitrogens is 2. The molecule has 0 fully saturated rings. The number of hydrogen-bond acceptors (Lipinski definition) is 3. The maximum atomic E-state index is 12.6. The van der Waals surface area contributed by atoms with E-state index >= 15 is 0 Å². The fourth-order valence-corrected chi connectivity index (χ4v) is 3.78. The van der Waals surface area contributed by atoms with Crippen LogP contribution in [0.5, 0.6) is 0 Å². The Balaban J connectivity index is 1.67. The monoisotopic (exact) mass is 387 g/mol. The molecular weight excluding hydrogens is 377 g/mol. The summed E-state index contributed by atoms with van der Waals surface area (Å²) in [5.41, 5.74) is 2.84. The number of nitrogens with zero attached hydrogens (tertiary/aromatic N) is 2. The van der Waals surface area contributed by atoms with E-state index in [0.29, 0.717) is 21.4 Å². The van der Waals surface area contributed by atoms with E-state index in [2.05, 4.69) is 10.3 Å². The molecule has 0 saturated carbocycles. The van der Waals surface area contributed by atoms with Crippen molar-refractivity contribution in [3.8, 4) is 11.3 Å². The van der Waals surface area contributed by atoms with E-state index in [1.165, 1.54) is 11.3 Å². The molecular formula is C18H11Cl2N3OS. The zero-order chi connectivity index (χ0) is 17.4. The van der Waals surface area contributed by atoms with Crippen molar-refractivity contribution < 1.29 is 4.79 Å². The third-order valence-electron chi connectivity index (χ3n) is 3.69. The van der Waals surface area contributed by atoms with Gasteiger partial charge in [-0.3, -0.25) is 9.20 Å². The van der Waals surface area contributed by atoms with Gasteiger partial charge in [-0.05, 0) is 18.2 Å². The second-order valence-corrected chi connectivity index (χ2v) is 7.02. The van der Waals surface area contributed by atoms with Crippen molar-refractivity contribution in [2.75, 3.05) is 5.32 Å². The number of anilines is 1. The SMILES string of the molecule is O=C(Nc1ccc(Cl)cc1Cl)c1csc2nc(-c3ccccc3)cn12. The summed E-state index contributed by atoms with van der Waals surface area (Å²) in [4.78, 5) is 18.0. The van der Waals surface area contributed by atoms with E-state index in [1.807, 2.05) is 36.5 Å². The Labute approximate surface area is 157 Å². The normalized spacial score (nSPS) is 11.0. The number of fused-ring (bicyclic) bond motifs is 1. The summed E-state index contributed by atoms with van der Waals surface area (Å²) in [7, 11) is 0. The lowest BCUT2D eigenvalue weighted by Crippen LogP contribution is -2.14. The first-order valence-electron chi connectivity index (χ1n) is 7.40. The highest BCUT2D eigenvalue weighted by Crippen LogP contribution is 2.27. The number of rotatable bonds is 3. The molecule has 0 aliphatic rings. The Hall–Kier alpha value is -2.34. The average Bonchev–Trinajstić information content (AvgIpc) is 3.18. The largest absolute Gasteiger partial charge is 0.319 e. The number of amides is 1. The Kier molecular flexibility index (Phi) is 4.21. The summed E-state index contributed by atoms with van der Waals surface area (Å²) in [5.74, 6) is -0.257. The summed E-state index contributed by atoms with van der Waals surface area (Å²) in [5, 5.41) is 5.49. The molecule has 25 heavy (non-hydrogen) atoms. The van der Waals surface area contributed by atoms with Crippen LogP contribution in [0.3, 0.4) is 0 Å². The lowest BCUT2D eigenvalue weighted by molar-refractivity contribution is 0.102. The van der Waals surface area contributed by atoms with Crippen molar-refractivity contribution in [2.45, 2.75) is 0 Å². The van der Waals surface area contributed by atoms with Gasteiger partial charge in [-0.15, -0.1) is 11.3 Å². The summed E-state index contributed by atoms with van der Waals surface area (Å²) in [6.45, 7) is 0. The van der Waals surface area contributed by atoms with Crippen LogP contribution >= 0.6 is 34.5 Å². The van der Waals surface area contributed by atoms with E-state index < -0.39 is 0 Å². The van der Waals surface area contributed by atoms with Crippen LogP contribution < -0.4 is 5.32 Å². The maximum absolute atomic E-state index is 12.6. The molecule has 2 heterocycles. The molecule has 0 bridgehead atoms. The van der Waals surface area contributed by atoms with Crippen molar-refractivity contribution in [2.24, 2.45) is 0 Å². The first-order valence-corrected chi connectivity index (χ1v) is 9.04. The average molecular weight is 388 g/mol. The Morgan fingerprint density at radius 1 is 1.12 bits per heavy atom. The predicted octanol–water partition coefficient (Wildman–Crippen LogP) is 5.62. The van der Waals surface area contributed by atoms with E-state index in [9.17, 15) is 4.79 Å². The van der Waals surface area contributed by atoms with E-state index in [-0.39, 0.29) is 5.91 Å². The van der Waals surface area contributed by atoms with Crippen molar-refractivity contribution >= 4 is 51.1 Å². The van der Waals surface area contributed by atoms with E-state index in [0.717, 1.165) is 16.2 Å². The lowest BCUT2D eigenvalue weighted by atomic mass is 10.2. The molecule has 0 radical (unpaired) electrons. The smallest absolute Gasteiger partial charge is 0.273 e. The first kappa shape index (κ1) is 16.1. The van der Waals surface area contributed by atoms with Crippen LogP contribution in [-0.2, 0) is 0 Å². The van der Waals surface area contributed by atoms with Gasteiger partial charge in [-0.1, -0.05) is 53.5 Å². The molecule has 1 N–H and O–H groups in total. The quantitative estimate of drug-likeness (QED) is 0.495. The van der Waals surface area contributed by atoms with Crippen LogP contribution in [-0.4, -0.2) is 15.3 Å². The van der Waals surface area contributed by atoms with Gasteiger partial charge in [0.05, 0.1) is 16.4 Å². The second kappa shape index (κ2) is 6.52. The molecule has 2 aromatic carbocycles. The van der Waals surface area contributed by atoms with Gasteiger partial charge in [0.15, 0.2) is 4.96 Å². The number of halogens is 2. The topological polar surface area (TPSA) is 46.4 Å². The van der Waals surface area contributed by atoms with Crippen LogP contribution in [0, 0.1) is 0 Å². The van der Waals surface area contributed by atoms with Crippen LogP contribution in [0.25, 0.3) is 16.2 Å². The fraction of sp³-hybridized carbons (Fsp3) is 0. The molecule has 4 aromatic rings. The first-order chi connectivity index (χ1) is 12.1. The minimum Gasteiger partial charge on any atom is -0.319 e. The highest BCUT2D eigenvalue weighted by molar-refractivity contribution is 7.15. The molecule has 0 spiro atoms. The Morgan fingerprint density at radius 2 is 1.92 bits per heavy atom. The number of carbonyl (C=O) groups is 1. The fourth-order valence-electron chi connectivity index (χ4n) is 2.47. The predicted molar refractivity (Wildman–Crippen MR) is 103 cm³/mol. The number of benzene rings is 2. The Bertz CT molecular complexity index is 1070. The minimum atomic E-state index is -0.257. The van der Waals surface area contributed by atoms with E-state index in [4.69, 9.17) is 23.2 Å². The van der Waals surface area contributed by atoms with Crippen LogP contribution in [0.15, 0.2) is 60.1 Å². The molecule has 4 nitrogen and oxygen atoms in total. The van der Waals surface area contributed by atoms with Crippen molar-refractivity contribution in [3.63, 3.8) is 0 Å². The van der Waals surface area contributed by atoms with Crippen molar-refractivity contribution in [3.05, 3.63) is 75.8 Å². The molecule has 124 valence electrons. The number of imidazole rings is 1. The van der Waals surface area contributed by atoms with Crippen LogP contribution in [0.4, 0.5) is 5.69 Å². The third kappa shape index (κ3) is 3.14. The van der Waals surface area contributed by atoms with Gasteiger partial charge in [-0.2, -0.15) is 0 Å². The summed E-state index contributed by atoms with van der Waals surface area (Å²) in [6, 6.07) is 14.8. The van der Waals surface area contributed by atoms with Gasteiger partial charge >= 0.3 is 0 Å². The summed E-state index contributed by atoms with van der Waals surface area (Å²) in [6.07, 6.45) is 1.86. The van der Waals surface area contributed by atoms with Gasteiger partial charge in [0, 0.05) is 22.2 Å². The van der Waals surface area contributed by atoms with Gasteiger partial charge in [0.25, 0.3) is 5.91 Å². The lowest BCUT2D eigenvalue weighted by Gasteiger charge is -2.06. The molecule has 0 aliphatic heterocycles. The zero-order valence-corrected chi connectivity index (χ0v) is 15.1. The molecule has 0 atom stereocenters. The van der Waals surface area contributed by atoms with Gasteiger partial charge in [0.1, 0.15) is 5.69 Å². The standard InChI is InChI=1S/C18H11Cl2N3OS/c19-12-6-7-14(13(20)8-12)21-17(24)16-10-25-18-22-15(9-23(16)18)11-4-2-1-3-5-11/h1-10H,(H,21,24). The molecule has 1 amide bonds. The third-order valence-corrected chi connectivity index (χ3v) is 5.08. The highest BCUT2D eigenvalue weighted by atomic mass is 35.5. The summed E-state index contributed by atoms with van der Waals surface area (Å²) >= 11 is 13.4. The van der Waals surface area contributed by atoms with Gasteiger partial charge < -0.3 is 5.32 Å². The molecule has 0 aliphatic carbocycles. The molecule has 0 saturated heterocycles. The highest BCUT2D eigenvalue weighted by Gasteiger charge is 2.16. The molecule has 0 unspecified atom stereocenters. The molecule has 2 aromatic heterocycles. The minimum absolute atomic E-state index is 0.257. The van der Waals surface area contributed by atoms with Crippen molar-refractivity contribution in [1.29, 1.82) is 0 Å². The van der Waals surface area contributed by atoms with E-state index in [1.54, 1.807) is 28.0 Å². The zero-order valence-electron chi connectivity index (χ0n) is 12.7.